The number of hydrogen-bond donors (Lipinski definition) is 1. The van der Waals surface area contributed by atoms with Crippen LogP contribution in [0.15, 0.2) is 5.38 Å². The van der Waals surface area contributed by atoms with Crippen LogP contribution in [0.1, 0.15) is 33.3 Å². The second kappa shape index (κ2) is 6.36. The fraction of sp³-hybridized carbons (Fsp3) is 0.500. The lowest BCUT2D eigenvalue weighted by atomic mass is 10.1. The first-order valence-electron chi connectivity index (χ1n) is 7.04. The minimum atomic E-state index is -0.117. The topological polar surface area (TPSA) is 69.0 Å². The van der Waals surface area contributed by atoms with Gasteiger partial charge in [-0.15, -0.1) is 11.3 Å². The average Bonchev–Trinajstić information content (AvgIpc) is 3.03. The number of rotatable bonds is 4. The zero-order valence-corrected chi connectivity index (χ0v) is 14.0. The number of nitrogens with zero attached hydrogens (tertiary/aromatic N) is 3. The van der Waals surface area contributed by atoms with Gasteiger partial charge in [-0.2, -0.15) is 5.10 Å². The van der Waals surface area contributed by atoms with Gasteiger partial charge in [0.1, 0.15) is 17.3 Å². The highest BCUT2D eigenvalue weighted by Crippen LogP contribution is 2.27. The van der Waals surface area contributed by atoms with Crippen LogP contribution < -0.4 is 5.32 Å². The zero-order chi connectivity index (χ0) is 15.7. The molecule has 2 aromatic heterocycles. The van der Waals surface area contributed by atoms with Crippen molar-refractivity contribution >= 4 is 28.8 Å². The van der Waals surface area contributed by atoms with Crippen LogP contribution in [0, 0.1) is 6.92 Å². The lowest BCUT2D eigenvalue weighted by Crippen LogP contribution is -2.41. The smallest absolute Gasteiger partial charge is 0.263 e. The number of methoxy groups -OCH3 is 1. The number of hydrogen-bond acceptors (Lipinski definition) is 5. The molecule has 1 aliphatic heterocycles. The summed E-state index contributed by atoms with van der Waals surface area (Å²) in [5.41, 5.74) is 0.934. The van der Waals surface area contributed by atoms with Crippen molar-refractivity contribution in [2.75, 3.05) is 7.11 Å². The molecule has 0 spiro atoms. The SMILES string of the molecule is COCc1nc2n(n1)C[C@@H](NC(=O)c1scc(C)c1Cl)CC2. The molecule has 0 fully saturated rings. The number of fused-ring (bicyclic) bond motifs is 1. The zero-order valence-electron chi connectivity index (χ0n) is 12.4. The van der Waals surface area contributed by atoms with Crippen LogP contribution in [-0.4, -0.2) is 33.8 Å². The fourth-order valence-electron chi connectivity index (χ4n) is 2.50. The monoisotopic (exact) mass is 340 g/mol. The van der Waals surface area contributed by atoms with Gasteiger partial charge in [-0.3, -0.25) is 4.79 Å². The van der Waals surface area contributed by atoms with E-state index in [1.807, 2.05) is 17.0 Å². The van der Waals surface area contributed by atoms with Crippen LogP contribution in [-0.2, 0) is 24.3 Å². The number of nitrogens with one attached hydrogen (secondary N) is 1. The minimum absolute atomic E-state index is 0.0376. The number of aryl methyl sites for hydroxylation is 2. The Hall–Kier alpha value is -1.44. The van der Waals surface area contributed by atoms with Gasteiger partial charge in [0.05, 0.1) is 11.6 Å². The third kappa shape index (κ3) is 3.02. The van der Waals surface area contributed by atoms with Crippen LogP contribution in [0.3, 0.4) is 0 Å². The first-order valence-corrected chi connectivity index (χ1v) is 8.30. The molecule has 8 heteroatoms. The Bertz CT molecular complexity index is 697. The summed E-state index contributed by atoms with van der Waals surface area (Å²) in [7, 11) is 1.62. The summed E-state index contributed by atoms with van der Waals surface area (Å²) in [6.45, 7) is 2.93. The second-order valence-corrected chi connectivity index (χ2v) is 6.59. The van der Waals surface area contributed by atoms with Gasteiger partial charge < -0.3 is 10.1 Å². The maximum atomic E-state index is 12.3. The van der Waals surface area contributed by atoms with Crippen molar-refractivity contribution in [2.45, 2.75) is 39.0 Å². The summed E-state index contributed by atoms with van der Waals surface area (Å²) in [4.78, 5) is 17.3. The molecule has 118 valence electrons. The molecule has 3 rings (SSSR count). The van der Waals surface area contributed by atoms with Crippen molar-refractivity contribution in [3.63, 3.8) is 0 Å². The molecule has 1 N–H and O–H groups in total. The molecule has 0 saturated carbocycles. The molecular weight excluding hydrogens is 324 g/mol. The Balaban J connectivity index is 1.67. The van der Waals surface area contributed by atoms with Gasteiger partial charge in [-0.1, -0.05) is 11.6 Å². The second-order valence-electron chi connectivity index (χ2n) is 5.33. The molecule has 22 heavy (non-hydrogen) atoms. The van der Waals surface area contributed by atoms with Crippen molar-refractivity contribution in [3.8, 4) is 0 Å². The van der Waals surface area contributed by atoms with Crippen LogP contribution >= 0.6 is 22.9 Å². The summed E-state index contributed by atoms with van der Waals surface area (Å²) in [5.74, 6) is 1.51. The van der Waals surface area contributed by atoms with E-state index < -0.39 is 0 Å². The lowest BCUT2D eigenvalue weighted by Gasteiger charge is -2.23. The molecule has 1 aliphatic rings. The number of carbonyl (C=O) groups is 1. The van der Waals surface area contributed by atoms with Gasteiger partial charge in [0.25, 0.3) is 5.91 Å². The van der Waals surface area contributed by atoms with Crippen LogP contribution in [0.2, 0.25) is 5.02 Å². The van der Waals surface area contributed by atoms with Gasteiger partial charge in [0.15, 0.2) is 5.82 Å². The highest BCUT2D eigenvalue weighted by molar-refractivity contribution is 7.13. The maximum Gasteiger partial charge on any atom is 0.263 e. The summed E-state index contributed by atoms with van der Waals surface area (Å²) >= 11 is 7.52. The van der Waals surface area contributed by atoms with Gasteiger partial charge in [0, 0.05) is 19.6 Å². The summed E-state index contributed by atoms with van der Waals surface area (Å²) in [6.07, 6.45) is 1.64. The van der Waals surface area contributed by atoms with Crippen LogP contribution in [0.5, 0.6) is 0 Å². The molecule has 0 bridgehead atoms. The highest BCUT2D eigenvalue weighted by Gasteiger charge is 2.24. The quantitative estimate of drug-likeness (QED) is 0.926. The van der Waals surface area contributed by atoms with E-state index in [1.165, 1.54) is 11.3 Å². The van der Waals surface area contributed by atoms with Crippen LogP contribution in [0.4, 0.5) is 0 Å². The maximum absolute atomic E-state index is 12.3. The summed E-state index contributed by atoms with van der Waals surface area (Å²) in [5, 5.41) is 9.87. The Kier molecular flexibility index (Phi) is 4.46. The molecule has 0 radical (unpaired) electrons. The first kappa shape index (κ1) is 15.5. The molecule has 1 atom stereocenters. The van der Waals surface area contributed by atoms with Gasteiger partial charge in [-0.05, 0) is 24.3 Å². The Morgan fingerprint density at radius 2 is 2.45 bits per heavy atom. The largest absolute Gasteiger partial charge is 0.377 e. The van der Waals surface area contributed by atoms with Crippen molar-refractivity contribution in [3.05, 3.63) is 32.5 Å². The summed E-state index contributed by atoms with van der Waals surface area (Å²) < 4.78 is 6.90. The summed E-state index contributed by atoms with van der Waals surface area (Å²) in [6, 6.07) is 0.0376. The lowest BCUT2D eigenvalue weighted by molar-refractivity contribution is 0.0930. The van der Waals surface area contributed by atoms with E-state index in [9.17, 15) is 4.79 Å². The normalized spacial score (nSPS) is 17.3. The molecule has 1 amide bonds. The van der Waals surface area contributed by atoms with Gasteiger partial charge in [0.2, 0.25) is 0 Å². The number of aromatic nitrogens is 3. The number of halogens is 1. The predicted octanol–water partition coefficient (Wildman–Crippen LogP) is 2.19. The Morgan fingerprint density at radius 3 is 3.14 bits per heavy atom. The molecule has 2 aromatic rings. The van der Waals surface area contributed by atoms with Crippen molar-refractivity contribution in [1.29, 1.82) is 0 Å². The van der Waals surface area contributed by atoms with Crippen molar-refractivity contribution in [1.82, 2.24) is 20.1 Å². The van der Waals surface area contributed by atoms with E-state index in [0.717, 1.165) is 24.2 Å². The number of thiophene rings is 1. The molecule has 0 aromatic carbocycles. The van der Waals surface area contributed by atoms with Crippen molar-refractivity contribution in [2.24, 2.45) is 0 Å². The first-order chi connectivity index (χ1) is 10.6. The van der Waals surface area contributed by atoms with E-state index >= 15 is 0 Å². The van der Waals surface area contributed by atoms with E-state index in [2.05, 4.69) is 15.4 Å². The molecule has 0 saturated heterocycles. The van der Waals surface area contributed by atoms with E-state index in [0.29, 0.717) is 28.9 Å². The fourth-order valence-corrected chi connectivity index (χ4v) is 3.68. The molecule has 0 unspecified atom stereocenters. The molecular formula is C14H17ClN4O2S. The molecule has 0 aliphatic carbocycles. The third-order valence-electron chi connectivity index (χ3n) is 3.62. The van der Waals surface area contributed by atoms with E-state index in [4.69, 9.17) is 16.3 Å². The average molecular weight is 341 g/mol. The highest BCUT2D eigenvalue weighted by atomic mass is 35.5. The predicted molar refractivity (Wildman–Crippen MR) is 84.4 cm³/mol. The standard InChI is InChI=1S/C14H17ClN4O2S/c1-8-7-22-13(12(8)15)14(20)16-9-3-4-11-17-10(6-21-2)18-19(11)5-9/h7,9H,3-6H2,1-2H3,(H,16,20)/t9-/m0/s1. The van der Waals surface area contributed by atoms with E-state index in [1.54, 1.807) is 7.11 Å². The van der Waals surface area contributed by atoms with Gasteiger partial charge >= 0.3 is 0 Å². The molecule has 3 heterocycles. The number of ether oxygens (including phenoxy) is 1. The van der Waals surface area contributed by atoms with Crippen LogP contribution in [0.25, 0.3) is 0 Å². The van der Waals surface area contributed by atoms with Crippen molar-refractivity contribution < 1.29 is 9.53 Å². The minimum Gasteiger partial charge on any atom is -0.377 e. The molecule has 6 nitrogen and oxygen atoms in total. The Labute approximate surface area is 137 Å². The number of amides is 1. The van der Waals surface area contributed by atoms with E-state index in [-0.39, 0.29) is 11.9 Å². The van der Waals surface area contributed by atoms with Gasteiger partial charge in [-0.25, -0.2) is 9.67 Å². The Morgan fingerprint density at radius 1 is 1.64 bits per heavy atom. The number of carbonyl (C=O) groups excluding carboxylic acids is 1. The third-order valence-corrected chi connectivity index (χ3v) is 5.31.